The van der Waals surface area contributed by atoms with Gasteiger partial charge in [-0.1, -0.05) is 19.3 Å². The highest BCUT2D eigenvalue weighted by atomic mass is 127. The van der Waals surface area contributed by atoms with Crippen LogP contribution in [0.4, 0.5) is 0 Å². The van der Waals surface area contributed by atoms with E-state index in [1.54, 1.807) is 12.3 Å². The Bertz CT molecular complexity index is 613. The molecule has 0 unspecified atom stereocenters. The molecule has 0 radical (unpaired) electrons. The van der Waals surface area contributed by atoms with E-state index in [1.165, 1.54) is 31.6 Å². The van der Waals surface area contributed by atoms with E-state index in [4.69, 9.17) is 5.73 Å². The first-order valence-electron chi connectivity index (χ1n) is 7.17. The van der Waals surface area contributed by atoms with Crippen molar-refractivity contribution in [1.29, 1.82) is 0 Å². The molecule has 1 aliphatic rings. The summed E-state index contributed by atoms with van der Waals surface area (Å²) in [5.41, 5.74) is 6.30. The number of nitrogens with zero attached hydrogens (tertiary/aromatic N) is 2. The summed E-state index contributed by atoms with van der Waals surface area (Å²) in [5, 5.41) is 3.20. The van der Waals surface area contributed by atoms with Crippen molar-refractivity contribution in [3.05, 3.63) is 24.0 Å². The Morgan fingerprint density at radius 3 is 2.73 bits per heavy atom. The highest BCUT2D eigenvalue weighted by Crippen LogP contribution is 2.17. The summed E-state index contributed by atoms with van der Waals surface area (Å²) in [6.07, 6.45) is 8.64. The predicted molar refractivity (Wildman–Crippen MR) is 98.1 cm³/mol. The molecule has 0 spiro atoms. The molecule has 0 aliphatic heterocycles. The van der Waals surface area contributed by atoms with Gasteiger partial charge in [-0.2, -0.15) is 0 Å². The van der Waals surface area contributed by atoms with Crippen molar-refractivity contribution in [2.24, 2.45) is 10.7 Å². The number of aromatic nitrogens is 1. The lowest BCUT2D eigenvalue weighted by Crippen LogP contribution is -2.41. The van der Waals surface area contributed by atoms with E-state index in [0.29, 0.717) is 17.7 Å². The van der Waals surface area contributed by atoms with E-state index >= 15 is 0 Å². The number of pyridine rings is 1. The number of nitrogens with two attached hydrogens (primary N) is 1. The normalized spacial score (nSPS) is 16.9. The minimum Gasteiger partial charge on any atom is -0.370 e. The second-order valence-electron chi connectivity index (χ2n) is 5.40. The molecule has 6 nitrogen and oxygen atoms in total. The topological polar surface area (TPSA) is 97.4 Å². The molecule has 1 aromatic rings. The van der Waals surface area contributed by atoms with Crippen LogP contribution in [0.3, 0.4) is 0 Å². The Labute approximate surface area is 148 Å². The minimum atomic E-state index is -3.30. The summed E-state index contributed by atoms with van der Waals surface area (Å²) in [7, 11) is -3.30. The zero-order chi connectivity index (χ0) is 15.3. The van der Waals surface area contributed by atoms with Gasteiger partial charge in [0, 0.05) is 18.5 Å². The van der Waals surface area contributed by atoms with Crippen LogP contribution in [0.5, 0.6) is 0 Å². The molecule has 2 rings (SSSR count). The van der Waals surface area contributed by atoms with Gasteiger partial charge in [-0.15, -0.1) is 24.0 Å². The van der Waals surface area contributed by atoms with E-state index in [9.17, 15) is 8.42 Å². The summed E-state index contributed by atoms with van der Waals surface area (Å²) in [6, 6.07) is 3.52. The molecule has 1 heterocycles. The number of halogens is 1. The summed E-state index contributed by atoms with van der Waals surface area (Å²) in [6.45, 7) is 0.162. The summed E-state index contributed by atoms with van der Waals surface area (Å²) < 4.78 is 23.4. The second kappa shape index (κ2) is 8.66. The van der Waals surface area contributed by atoms with Crippen molar-refractivity contribution in [2.75, 3.05) is 6.26 Å². The lowest BCUT2D eigenvalue weighted by molar-refractivity contribution is 0.412. The molecule has 0 saturated heterocycles. The van der Waals surface area contributed by atoms with Gasteiger partial charge in [0.1, 0.15) is 0 Å². The molecule has 22 heavy (non-hydrogen) atoms. The number of nitrogens with one attached hydrogen (secondary N) is 1. The van der Waals surface area contributed by atoms with Crippen molar-refractivity contribution in [1.82, 2.24) is 10.3 Å². The third-order valence-corrected chi connectivity index (χ3v) is 4.77. The van der Waals surface area contributed by atoms with Crippen LogP contribution in [0.25, 0.3) is 0 Å². The lowest BCUT2D eigenvalue weighted by Gasteiger charge is -2.23. The molecule has 1 saturated carbocycles. The van der Waals surface area contributed by atoms with Crippen LogP contribution in [0.1, 0.15) is 37.8 Å². The first-order chi connectivity index (χ1) is 9.97. The molecule has 0 amide bonds. The fraction of sp³-hybridized carbons (Fsp3) is 0.571. The van der Waals surface area contributed by atoms with Crippen LogP contribution in [0, 0.1) is 0 Å². The van der Waals surface area contributed by atoms with Crippen molar-refractivity contribution >= 4 is 39.8 Å². The Morgan fingerprint density at radius 2 is 2.09 bits per heavy atom. The number of aliphatic imine (C=N–C) groups is 1. The van der Waals surface area contributed by atoms with Gasteiger partial charge in [0.05, 0.1) is 17.1 Å². The number of hydrogen-bond acceptors (Lipinski definition) is 4. The first-order valence-corrected chi connectivity index (χ1v) is 9.06. The molecule has 0 aromatic carbocycles. The van der Waals surface area contributed by atoms with Gasteiger partial charge in [-0.3, -0.25) is 4.98 Å². The van der Waals surface area contributed by atoms with Gasteiger partial charge in [-0.25, -0.2) is 13.4 Å². The highest BCUT2D eigenvalue weighted by molar-refractivity contribution is 14.0. The summed E-state index contributed by atoms with van der Waals surface area (Å²) in [5.74, 6) is 0.354. The van der Waals surface area contributed by atoms with Crippen molar-refractivity contribution in [3.63, 3.8) is 0 Å². The first kappa shape index (κ1) is 19.1. The fourth-order valence-corrected chi connectivity index (χ4v) is 3.41. The number of guanidine groups is 1. The van der Waals surface area contributed by atoms with E-state index in [0.717, 1.165) is 12.8 Å². The molecule has 1 aromatic heterocycles. The molecule has 3 N–H and O–H groups in total. The Morgan fingerprint density at radius 1 is 1.41 bits per heavy atom. The number of sulfone groups is 1. The maximum atomic E-state index is 11.7. The molecule has 0 bridgehead atoms. The predicted octanol–water partition coefficient (Wildman–Crippen LogP) is 1.84. The zero-order valence-corrected chi connectivity index (χ0v) is 15.8. The third-order valence-electron chi connectivity index (χ3n) is 3.60. The van der Waals surface area contributed by atoms with Crippen LogP contribution in [-0.4, -0.2) is 31.7 Å². The molecular weight excluding hydrogens is 415 g/mol. The molecular formula is C14H23IN4O2S. The molecule has 1 fully saturated rings. The van der Waals surface area contributed by atoms with Crippen molar-refractivity contribution in [2.45, 2.75) is 49.6 Å². The summed E-state index contributed by atoms with van der Waals surface area (Å²) >= 11 is 0. The van der Waals surface area contributed by atoms with Crippen LogP contribution < -0.4 is 11.1 Å². The Kier molecular flexibility index (Phi) is 7.54. The maximum Gasteiger partial charge on any atom is 0.189 e. The van der Waals surface area contributed by atoms with Gasteiger partial charge >= 0.3 is 0 Å². The number of rotatable bonds is 4. The minimum absolute atomic E-state index is 0. The van der Waals surface area contributed by atoms with E-state index in [1.807, 2.05) is 0 Å². The average molecular weight is 438 g/mol. The molecule has 8 heteroatoms. The quantitative estimate of drug-likeness (QED) is 0.425. The lowest BCUT2D eigenvalue weighted by atomic mass is 9.96. The van der Waals surface area contributed by atoms with Crippen LogP contribution in [0.15, 0.2) is 28.2 Å². The van der Waals surface area contributed by atoms with Crippen LogP contribution in [-0.2, 0) is 16.4 Å². The van der Waals surface area contributed by atoms with Gasteiger partial charge in [-0.05, 0) is 25.0 Å². The smallest absolute Gasteiger partial charge is 0.189 e. The average Bonchev–Trinajstić information content (AvgIpc) is 2.45. The summed E-state index contributed by atoms with van der Waals surface area (Å²) in [4.78, 5) is 8.52. The standard InChI is InChI=1S/C14H22N4O2S.HI/c1-21(19,20)13-8-5-9-16-12(13)10-17-14(15)18-11-6-3-2-4-7-11;/h5,8-9,11H,2-4,6-7,10H2,1H3,(H3,15,17,18);1H. The molecule has 124 valence electrons. The van der Waals surface area contributed by atoms with Crippen molar-refractivity contribution in [3.8, 4) is 0 Å². The van der Waals surface area contributed by atoms with Gasteiger partial charge in [0.25, 0.3) is 0 Å². The van der Waals surface area contributed by atoms with Crippen molar-refractivity contribution < 1.29 is 8.42 Å². The van der Waals surface area contributed by atoms with E-state index in [-0.39, 0.29) is 35.4 Å². The third kappa shape index (κ3) is 5.71. The van der Waals surface area contributed by atoms with E-state index < -0.39 is 9.84 Å². The Balaban J connectivity index is 0.00000242. The monoisotopic (exact) mass is 438 g/mol. The van der Waals surface area contributed by atoms with E-state index in [2.05, 4.69) is 15.3 Å². The molecule has 1 aliphatic carbocycles. The van der Waals surface area contributed by atoms with Crippen LogP contribution in [0.2, 0.25) is 0 Å². The van der Waals surface area contributed by atoms with Gasteiger partial charge < -0.3 is 11.1 Å². The Hall–Kier alpha value is -0.900. The molecule has 0 atom stereocenters. The number of hydrogen-bond donors (Lipinski definition) is 2. The largest absolute Gasteiger partial charge is 0.370 e. The van der Waals surface area contributed by atoms with Gasteiger partial charge in [0.2, 0.25) is 0 Å². The van der Waals surface area contributed by atoms with Gasteiger partial charge in [0.15, 0.2) is 15.8 Å². The fourth-order valence-electron chi connectivity index (χ4n) is 2.54. The SMILES string of the molecule is CS(=O)(=O)c1cccnc1CN=C(N)NC1CCCCC1.I. The highest BCUT2D eigenvalue weighted by Gasteiger charge is 2.15. The second-order valence-corrected chi connectivity index (χ2v) is 7.39. The maximum absolute atomic E-state index is 11.7. The van der Waals surface area contributed by atoms with Crippen LogP contribution >= 0.6 is 24.0 Å². The zero-order valence-electron chi connectivity index (χ0n) is 12.7.